The summed E-state index contributed by atoms with van der Waals surface area (Å²) >= 11 is 1.42. The lowest BCUT2D eigenvalue weighted by Crippen LogP contribution is -2.19. The molecule has 3 aromatic rings. The van der Waals surface area contributed by atoms with Crippen molar-refractivity contribution in [2.45, 2.75) is 33.1 Å². The van der Waals surface area contributed by atoms with Crippen LogP contribution >= 0.6 is 11.3 Å². The molecule has 0 radical (unpaired) electrons. The number of carbonyl (C=O) groups is 1. The molecular weight excluding hydrogens is 407 g/mol. The number of ether oxygens (including phenoxy) is 1. The summed E-state index contributed by atoms with van der Waals surface area (Å²) in [4.78, 5) is 18.0. The molecule has 0 aromatic carbocycles. The van der Waals surface area contributed by atoms with E-state index < -0.39 is 23.4 Å². The van der Waals surface area contributed by atoms with Gasteiger partial charge in [0, 0.05) is 4.88 Å². The smallest absolute Gasteiger partial charge is 0.434 e. The zero-order valence-electron chi connectivity index (χ0n) is 15.7. The number of alkyl halides is 3. The van der Waals surface area contributed by atoms with E-state index >= 15 is 0 Å². The third-order valence-corrected chi connectivity index (χ3v) is 5.44. The zero-order chi connectivity index (χ0) is 21.2. The number of aliphatic hydroxyl groups is 1. The van der Waals surface area contributed by atoms with E-state index in [9.17, 15) is 23.1 Å². The van der Waals surface area contributed by atoms with Crippen LogP contribution < -0.4 is 0 Å². The van der Waals surface area contributed by atoms with Crippen molar-refractivity contribution < 1.29 is 27.8 Å². The van der Waals surface area contributed by atoms with E-state index in [4.69, 9.17) is 4.74 Å². The summed E-state index contributed by atoms with van der Waals surface area (Å²) in [5.41, 5.74) is -0.854. The fourth-order valence-electron chi connectivity index (χ4n) is 2.82. The van der Waals surface area contributed by atoms with E-state index in [-0.39, 0.29) is 19.0 Å². The number of aryl methyl sites for hydroxylation is 1. The van der Waals surface area contributed by atoms with Crippen LogP contribution in [0.3, 0.4) is 0 Å². The predicted molar refractivity (Wildman–Crippen MR) is 101 cm³/mol. The number of pyridine rings is 1. The second-order valence-corrected chi connectivity index (χ2v) is 7.13. The van der Waals surface area contributed by atoms with Crippen LogP contribution in [0, 0.1) is 0 Å². The van der Waals surface area contributed by atoms with Crippen LogP contribution in [0.25, 0.3) is 16.4 Å². The Labute approximate surface area is 168 Å². The minimum Gasteiger partial charge on any atom is -0.462 e. The van der Waals surface area contributed by atoms with Crippen LogP contribution in [0.5, 0.6) is 0 Å². The van der Waals surface area contributed by atoms with E-state index in [0.717, 1.165) is 17.5 Å². The number of halogens is 3. The summed E-state index contributed by atoms with van der Waals surface area (Å²) in [6.07, 6.45) is -3.25. The molecule has 0 bridgehead atoms. The van der Waals surface area contributed by atoms with Crippen molar-refractivity contribution in [1.29, 1.82) is 0 Å². The molecule has 3 heterocycles. The molecule has 154 valence electrons. The minimum absolute atomic E-state index is 0.0584. The number of nitrogens with zero attached hydrogens (tertiary/aromatic N) is 3. The van der Waals surface area contributed by atoms with E-state index in [1.807, 2.05) is 13.0 Å². The van der Waals surface area contributed by atoms with Crippen molar-refractivity contribution in [3.63, 3.8) is 0 Å². The van der Waals surface area contributed by atoms with Crippen LogP contribution in [0.15, 0.2) is 30.5 Å². The normalized spacial score (nSPS) is 11.7. The number of rotatable bonds is 6. The molecule has 6 nitrogen and oxygen atoms in total. The molecule has 3 rings (SSSR count). The molecule has 0 aliphatic carbocycles. The second kappa shape index (κ2) is 8.34. The fraction of sp³-hybridized carbons (Fsp3) is 0.316. The van der Waals surface area contributed by atoms with E-state index in [2.05, 4.69) is 10.1 Å². The van der Waals surface area contributed by atoms with Gasteiger partial charge >= 0.3 is 12.1 Å². The molecule has 0 aliphatic heterocycles. The summed E-state index contributed by atoms with van der Waals surface area (Å²) in [7, 11) is 0. The number of hydrogen-bond acceptors (Lipinski definition) is 6. The molecule has 3 aromatic heterocycles. The van der Waals surface area contributed by atoms with Gasteiger partial charge < -0.3 is 9.84 Å². The highest BCUT2D eigenvalue weighted by atomic mass is 32.1. The lowest BCUT2D eigenvalue weighted by atomic mass is 10.2. The molecule has 0 saturated heterocycles. The maximum atomic E-state index is 13.7. The highest BCUT2D eigenvalue weighted by molar-refractivity contribution is 7.15. The van der Waals surface area contributed by atoms with Crippen molar-refractivity contribution in [3.05, 3.63) is 52.2 Å². The standard InChI is InChI=1S/C19H18F3N3O3S/c1-3-12-8-11(10-26)16(29-12)14-6-5-7-15(24-14)25-17(19(20,21)22)13(9-23-25)18(27)28-4-2/h5-9,26H,3-4,10H2,1-2H3. The monoisotopic (exact) mass is 425 g/mol. The second-order valence-electron chi connectivity index (χ2n) is 6.00. The number of hydrogen-bond donors (Lipinski definition) is 1. The molecule has 10 heteroatoms. The molecule has 0 amide bonds. The Morgan fingerprint density at radius 2 is 2.07 bits per heavy atom. The van der Waals surface area contributed by atoms with Crippen molar-refractivity contribution in [3.8, 4) is 16.4 Å². The lowest BCUT2D eigenvalue weighted by molar-refractivity contribution is -0.143. The van der Waals surface area contributed by atoms with Crippen molar-refractivity contribution >= 4 is 17.3 Å². The van der Waals surface area contributed by atoms with Gasteiger partial charge in [-0.3, -0.25) is 0 Å². The Morgan fingerprint density at radius 3 is 2.69 bits per heavy atom. The number of aliphatic hydroxyl groups excluding tert-OH is 1. The van der Waals surface area contributed by atoms with Gasteiger partial charge in [-0.1, -0.05) is 13.0 Å². The molecule has 0 fully saturated rings. The van der Waals surface area contributed by atoms with Gasteiger partial charge in [0.15, 0.2) is 11.5 Å². The number of carbonyl (C=O) groups excluding carboxylic acids is 1. The summed E-state index contributed by atoms with van der Waals surface area (Å²) in [5.74, 6) is -1.20. The van der Waals surface area contributed by atoms with Gasteiger partial charge in [0.25, 0.3) is 0 Å². The Bertz CT molecular complexity index is 1030. The van der Waals surface area contributed by atoms with Gasteiger partial charge in [0.05, 0.1) is 30.0 Å². The zero-order valence-corrected chi connectivity index (χ0v) is 16.5. The number of esters is 1. The maximum absolute atomic E-state index is 13.7. The first-order valence-electron chi connectivity index (χ1n) is 8.82. The summed E-state index contributed by atoms with van der Waals surface area (Å²) in [6.45, 7) is 3.21. The Morgan fingerprint density at radius 1 is 1.31 bits per heavy atom. The molecular formula is C19H18F3N3O3S. The van der Waals surface area contributed by atoms with Gasteiger partial charge in [-0.2, -0.15) is 18.3 Å². The van der Waals surface area contributed by atoms with Gasteiger partial charge in [0.2, 0.25) is 0 Å². The molecule has 0 unspecified atom stereocenters. The van der Waals surface area contributed by atoms with E-state index in [1.165, 1.54) is 24.3 Å². The lowest BCUT2D eigenvalue weighted by Gasteiger charge is -2.12. The Balaban J connectivity index is 2.12. The van der Waals surface area contributed by atoms with Crippen molar-refractivity contribution in [2.75, 3.05) is 6.61 Å². The van der Waals surface area contributed by atoms with Gasteiger partial charge in [0.1, 0.15) is 5.56 Å². The first-order valence-corrected chi connectivity index (χ1v) is 9.64. The SMILES string of the molecule is CCOC(=O)c1cnn(-c2cccc(-c3sc(CC)cc3CO)n2)c1C(F)(F)F. The highest BCUT2D eigenvalue weighted by Crippen LogP contribution is 2.35. The number of thiophene rings is 1. The first-order chi connectivity index (χ1) is 13.8. The molecule has 0 atom stereocenters. The van der Waals surface area contributed by atoms with Gasteiger partial charge in [-0.15, -0.1) is 11.3 Å². The van der Waals surface area contributed by atoms with E-state index in [0.29, 0.717) is 20.8 Å². The third-order valence-electron chi connectivity index (χ3n) is 4.10. The summed E-state index contributed by atoms with van der Waals surface area (Å²) in [6, 6.07) is 6.42. The summed E-state index contributed by atoms with van der Waals surface area (Å²) < 4.78 is 46.4. The minimum atomic E-state index is -4.84. The molecule has 1 N–H and O–H groups in total. The van der Waals surface area contributed by atoms with Gasteiger partial charge in [-0.25, -0.2) is 14.5 Å². The molecule has 0 spiro atoms. The van der Waals surface area contributed by atoms with Gasteiger partial charge in [-0.05, 0) is 37.1 Å². The highest BCUT2D eigenvalue weighted by Gasteiger charge is 2.41. The van der Waals surface area contributed by atoms with E-state index in [1.54, 1.807) is 12.1 Å². The van der Waals surface area contributed by atoms with Crippen molar-refractivity contribution in [2.24, 2.45) is 0 Å². The average Bonchev–Trinajstić information content (AvgIpc) is 3.32. The number of aromatic nitrogens is 3. The van der Waals surface area contributed by atoms with Crippen LogP contribution in [0.1, 0.15) is 40.3 Å². The van der Waals surface area contributed by atoms with Crippen LogP contribution in [-0.2, 0) is 23.9 Å². The topological polar surface area (TPSA) is 77.2 Å². The maximum Gasteiger partial charge on any atom is 0.434 e. The fourth-order valence-corrected chi connectivity index (χ4v) is 3.90. The van der Waals surface area contributed by atoms with Crippen molar-refractivity contribution in [1.82, 2.24) is 14.8 Å². The molecule has 0 saturated carbocycles. The van der Waals surface area contributed by atoms with Crippen LogP contribution in [0.2, 0.25) is 0 Å². The molecule has 0 aliphatic rings. The first kappa shape index (κ1) is 21.0. The molecule has 29 heavy (non-hydrogen) atoms. The van der Waals surface area contributed by atoms with Crippen LogP contribution in [0.4, 0.5) is 13.2 Å². The third kappa shape index (κ3) is 4.18. The Hall–Kier alpha value is -2.72. The average molecular weight is 425 g/mol. The Kier molecular flexibility index (Phi) is 6.04. The largest absolute Gasteiger partial charge is 0.462 e. The quantitative estimate of drug-likeness (QED) is 0.598. The van der Waals surface area contributed by atoms with Crippen LogP contribution in [-0.4, -0.2) is 32.4 Å². The summed E-state index contributed by atoms with van der Waals surface area (Å²) in [5, 5.41) is 13.3. The predicted octanol–water partition coefficient (Wildman–Crippen LogP) is 4.25.